The fourth-order valence-electron chi connectivity index (χ4n) is 3.19. The first-order valence-electron chi connectivity index (χ1n) is 8.21. The lowest BCUT2D eigenvalue weighted by atomic mass is 9.96. The van der Waals surface area contributed by atoms with Gasteiger partial charge in [0.05, 0.1) is 25.3 Å². The van der Waals surface area contributed by atoms with E-state index in [-0.39, 0.29) is 17.7 Å². The van der Waals surface area contributed by atoms with Crippen molar-refractivity contribution in [2.24, 2.45) is 11.8 Å². The monoisotopic (exact) mass is 319 g/mol. The first-order valence-corrected chi connectivity index (χ1v) is 8.21. The largest absolute Gasteiger partial charge is 0.481 e. The fraction of sp³-hybridized carbons (Fsp3) is 0.647. The lowest BCUT2D eigenvalue weighted by molar-refractivity contribution is -0.126. The molecule has 0 aromatic carbocycles. The Labute approximate surface area is 137 Å². The van der Waals surface area contributed by atoms with Crippen LogP contribution < -0.4 is 10.1 Å². The minimum atomic E-state index is 0.00107. The van der Waals surface area contributed by atoms with Crippen molar-refractivity contribution >= 4 is 5.91 Å². The summed E-state index contributed by atoms with van der Waals surface area (Å²) in [5.74, 6) is 1.04. The standard InChI is InChI=1S/C17H25N3O3/c1-22-11-12-8-20(9-14-4-3-5-16(18-14)23-2)10-15(12)17(21)19-13-6-7-13/h3-5,12-13,15H,6-11H2,1-2H3,(H,19,21)/t12-,15+/m0/s1. The number of hydrogen-bond donors (Lipinski definition) is 1. The second-order valence-corrected chi connectivity index (χ2v) is 6.47. The van der Waals surface area contributed by atoms with E-state index < -0.39 is 0 Å². The number of carbonyl (C=O) groups is 1. The van der Waals surface area contributed by atoms with Crippen LogP contribution in [0, 0.1) is 11.8 Å². The highest BCUT2D eigenvalue weighted by Gasteiger charge is 2.39. The van der Waals surface area contributed by atoms with Gasteiger partial charge in [-0.1, -0.05) is 6.07 Å². The van der Waals surface area contributed by atoms with Crippen molar-refractivity contribution < 1.29 is 14.3 Å². The SMILES string of the molecule is COC[C@@H]1CN(Cc2cccc(OC)n2)C[C@H]1C(=O)NC1CC1. The zero-order chi connectivity index (χ0) is 16.2. The highest BCUT2D eigenvalue weighted by atomic mass is 16.5. The summed E-state index contributed by atoms with van der Waals surface area (Å²) in [6, 6.07) is 6.18. The summed E-state index contributed by atoms with van der Waals surface area (Å²) in [6.07, 6.45) is 2.23. The Bertz CT molecular complexity index is 548. The third-order valence-electron chi connectivity index (χ3n) is 4.53. The molecule has 1 aliphatic carbocycles. The van der Waals surface area contributed by atoms with Gasteiger partial charge in [-0.3, -0.25) is 9.69 Å². The van der Waals surface area contributed by atoms with Gasteiger partial charge in [-0.15, -0.1) is 0 Å². The summed E-state index contributed by atoms with van der Waals surface area (Å²) < 4.78 is 10.5. The molecule has 1 aromatic heterocycles. The van der Waals surface area contributed by atoms with Gasteiger partial charge < -0.3 is 14.8 Å². The first-order chi connectivity index (χ1) is 11.2. The number of ether oxygens (including phenoxy) is 2. The van der Waals surface area contributed by atoms with Gasteiger partial charge in [-0.25, -0.2) is 4.98 Å². The molecule has 0 bridgehead atoms. The van der Waals surface area contributed by atoms with Gasteiger partial charge in [0.2, 0.25) is 11.8 Å². The highest BCUT2D eigenvalue weighted by Crippen LogP contribution is 2.27. The maximum Gasteiger partial charge on any atom is 0.225 e. The summed E-state index contributed by atoms with van der Waals surface area (Å²) in [7, 11) is 3.32. The highest BCUT2D eigenvalue weighted by molar-refractivity contribution is 5.80. The first kappa shape index (κ1) is 16.2. The normalized spacial score (nSPS) is 24.6. The number of nitrogens with zero attached hydrogens (tertiary/aromatic N) is 2. The molecule has 1 aliphatic heterocycles. The molecule has 23 heavy (non-hydrogen) atoms. The van der Waals surface area contributed by atoms with E-state index in [0.29, 0.717) is 18.5 Å². The molecule has 0 unspecified atom stereocenters. The van der Waals surface area contributed by atoms with E-state index in [4.69, 9.17) is 9.47 Å². The van der Waals surface area contributed by atoms with Crippen LogP contribution in [0.25, 0.3) is 0 Å². The third kappa shape index (κ3) is 4.20. The second kappa shape index (κ2) is 7.27. The van der Waals surface area contributed by atoms with Crippen molar-refractivity contribution in [3.05, 3.63) is 23.9 Å². The molecule has 0 radical (unpaired) electrons. The second-order valence-electron chi connectivity index (χ2n) is 6.47. The van der Waals surface area contributed by atoms with E-state index >= 15 is 0 Å². The molecule has 2 fully saturated rings. The molecule has 1 aromatic rings. The Balaban J connectivity index is 1.62. The third-order valence-corrected chi connectivity index (χ3v) is 4.53. The minimum absolute atomic E-state index is 0.00107. The number of pyridine rings is 1. The van der Waals surface area contributed by atoms with Gasteiger partial charge in [0.25, 0.3) is 0 Å². The quantitative estimate of drug-likeness (QED) is 0.814. The Kier molecular flexibility index (Phi) is 5.13. The van der Waals surface area contributed by atoms with E-state index in [1.807, 2.05) is 18.2 Å². The fourth-order valence-corrected chi connectivity index (χ4v) is 3.19. The molecule has 1 saturated carbocycles. The molecule has 3 rings (SSSR count). The van der Waals surface area contributed by atoms with Gasteiger partial charge in [-0.2, -0.15) is 0 Å². The van der Waals surface area contributed by atoms with Gasteiger partial charge in [0.15, 0.2) is 0 Å². The van der Waals surface area contributed by atoms with Gasteiger partial charge in [0.1, 0.15) is 0 Å². The van der Waals surface area contributed by atoms with Crippen LogP contribution in [-0.2, 0) is 16.1 Å². The summed E-state index contributed by atoms with van der Waals surface area (Å²) in [4.78, 5) is 19.2. The van der Waals surface area contributed by atoms with Crippen molar-refractivity contribution in [3.8, 4) is 5.88 Å². The lowest BCUT2D eigenvalue weighted by Gasteiger charge is -2.16. The summed E-state index contributed by atoms with van der Waals surface area (Å²) in [5, 5.41) is 3.13. The maximum atomic E-state index is 12.5. The predicted octanol–water partition coefficient (Wildman–Crippen LogP) is 1.06. The van der Waals surface area contributed by atoms with Crippen LogP contribution in [0.15, 0.2) is 18.2 Å². The molecule has 1 amide bonds. The van der Waals surface area contributed by atoms with Crippen LogP contribution in [-0.4, -0.2) is 55.7 Å². The zero-order valence-corrected chi connectivity index (χ0v) is 13.8. The average molecular weight is 319 g/mol. The van der Waals surface area contributed by atoms with E-state index in [9.17, 15) is 4.79 Å². The lowest BCUT2D eigenvalue weighted by Crippen LogP contribution is -2.37. The predicted molar refractivity (Wildman–Crippen MR) is 86.1 cm³/mol. The molecular formula is C17H25N3O3. The molecule has 1 N–H and O–H groups in total. The summed E-state index contributed by atoms with van der Waals surface area (Å²) in [5.41, 5.74) is 0.962. The van der Waals surface area contributed by atoms with Crippen molar-refractivity contribution in [1.82, 2.24) is 15.2 Å². The van der Waals surface area contributed by atoms with Crippen molar-refractivity contribution in [2.75, 3.05) is 33.9 Å². The Morgan fingerprint density at radius 2 is 2.17 bits per heavy atom. The average Bonchev–Trinajstić information content (AvgIpc) is 3.27. The number of hydrogen-bond acceptors (Lipinski definition) is 5. The molecule has 6 heteroatoms. The van der Waals surface area contributed by atoms with Crippen LogP contribution in [0.1, 0.15) is 18.5 Å². The van der Waals surface area contributed by atoms with Gasteiger partial charge in [-0.05, 0) is 18.9 Å². The van der Waals surface area contributed by atoms with Crippen molar-refractivity contribution in [3.63, 3.8) is 0 Å². The number of likely N-dealkylation sites (tertiary alicyclic amines) is 1. The molecule has 2 aliphatic rings. The Morgan fingerprint density at radius 1 is 1.35 bits per heavy atom. The van der Waals surface area contributed by atoms with E-state index in [0.717, 1.165) is 38.2 Å². The number of nitrogens with one attached hydrogen (secondary N) is 1. The molecule has 6 nitrogen and oxygen atoms in total. The van der Waals surface area contributed by atoms with E-state index in [1.54, 1.807) is 14.2 Å². The summed E-state index contributed by atoms with van der Waals surface area (Å²) >= 11 is 0. The van der Waals surface area contributed by atoms with Crippen LogP contribution in [0.2, 0.25) is 0 Å². The summed E-state index contributed by atoms with van der Waals surface area (Å²) in [6.45, 7) is 2.95. The van der Waals surface area contributed by atoms with Crippen LogP contribution in [0.3, 0.4) is 0 Å². The van der Waals surface area contributed by atoms with E-state index in [2.05, 4.69) is 15.2 Å². The smallest absolute Gasteiger partial charge is 0.225 e. The number of aromatic nitrogens is 1. The molecule has 2 heterocycles. The zero-order valence-electron chi connectivity index (χ0n) is 13.8. The Morgan fingerprint density at radius 3 is 2.87 bits per heavy atom. The van der Waals surface area contributed by atoms with Crippen LogP contribution in [0.5, 0.6) is 5.88 Å². The molecular weight excluding hydrogens is 294 g/mol. The maximum absolute atomic E-state index is 12.5. The van der Waals surface area contributed by atoms with Crippen LogP contribution >= 0.6 is 0 Å². The molecule has 126 valence electrons. The molecule has 2 atom stereocenters. The van der Waals surface area contributed by atoms with Gasteiger partial charge >= 0.3 is 0 Å². The number of methoxy groups -OCH3 is 2. The van der Waals surface area contributed by atoms with Crippen molar-refractivity contribution in [1.29, 1.82) is 0 Å². The van der Waals surface area contributed by atoms with Crippen molar-refractivity contribution in [2.45, 2.75) is 25.4 Å². The number of carbonyl (C=O) groups excluding carboxylic acids is 1. The topological polar surface area (TPSA) is 63.7 Å². The number of rotatable bonds is 7. The number of amides is 1. The minimum Gasteiger partial charge on any atom is -0.481 e. The van der Waals surface area contributed by atoms with Crippen LogP contribution in [0.4, 0.5) is 0 Å². The Hall–Kier alpha value is -1.66. The molecule has 0 spiro atoms. The molecule has 1 saturated heterocycles. The van der Waals surface area contributed by atoms with Gasteiger partial charge in [0, 0.05) is 44.8 Å². The van der Waals surface area contributed by atoms with E-state index in [1.165, 1.54) is 0 Å².